The Morgan fingerprint density at radius 1 is 1.38 bits per heavy atom. The van der Waals surface area contributed by atoms with Crippen LogP contribution in [-0.4, -0.2) is 23.5 Å². The van der Waals surface area contributed by atoms with Crippen LogP contribution in [0, 0.1) is 5.92 Å². The van der Waals surface area contributed by atoms with Crippen molar-refractivity contribution < 1.29 is 0 Å². The van der Waals surface area contributed by atoms with Gasteiger partial charge in [0.2, 0.25) is 0 Å². The van der Waals surface area contributed by atoms with Crippen molar-refractivity contribution in [2.75, 3.05) is 13.6 Å². The van der Waals surface area contributed by atoms with Gasteiger partial charge in [0.1, 0.15) is 4.99 Å². The Bertz CT molecular complexity index is 368. The van der Waals surface area contributed by atoms with Crippen LogP contribution in [0.15, 0.2) is 24.3 Å². The molecule has 3 heteroatoms. The minimum Gasteiger partial charge on any atom is -0.389 e. The molecule has 2 nitrogen and oxygen atoms in total. The van der Waals surface area contributed by atoms with Gasteiger partial charge in [-0.1, -0.05) is 36.5 Å². The molecule has 0 spiro atoms. The molecule has 1 fully saturated rings. The third-order valence-corrected chi connectivity index (χ3v) is 3.19. The minimum absolute atomic E-state index is 0.470. The Morgan fingerprint density at radius 3 is 2.50 bits per heavy atom. The van der Waals surface area contributed by atoms with E-state index in [0.29, 0.717) is 4.99 Å². The monoisotopic (exact) mass is 234 g/mol. The highest BCUT2D eigenvalue weighted by Gasteiger charge is 2.22. The average molecular weight is 234 g/mol. The van der Waals surface area contributed by atoms with E-state index in [0.717, 1.165) is 18.0 Å². The second-order valence-electron chi connectivity index (χ2n) is 4.70. The van der Waals surface area contributed by atoms with Crippen molar-refractivity contribution in [3.8, 4) is 0 Å². The number of nitrogens with two attached hydrogens (primary N) is 1. The minimum atomic E-state index is 0.470. The summed E-state index contributed by atoms with van der Waals surface area (Å²) < 4.78 is 0. The topological polar surface area (TPSA) is 29.3 Å². The van der Waals surface area contributed by atoms with Crippen molar-refractivity contribution >= 4 is 17.2 Å². The van der Waals surface area contributed by atoms with Gasteiger partial charge in [-0.25, -0.2) is 0 Å². The maximum absolute atomic E-state index is 5.56. The fourth-order valence-corrected chi connectivity index (χ4v) is 2.03. The first kappa shape index (κ1) is 11.6. The third-order valence-electron chi connectivity index (χ3n) is 2.96. The van der Waals surface area contributed by atoms with Crippen LogP contribution >= 0.6 is 12.2 Å². The Kier molecular flexibility index (Phi) is 3.56. The lowest BCUT2D eigenvalue weighted by Crippen LogP contribution is -2.20. The number of hydrogen-bond acceptors (Lipinski definition) is 2. The zero-order valence-electron chi connectivity index (χ0n) is 9.65. The van der Waals surface area contributed by atoms with Crippen LogP contribution in [0.3, 0.4) is 0 Å². The van der Waals surface area contributed by atoms with Crippen molar-refractivity contribution in [1.82, 2.24) is 4.90 Å². The SMILES string of the molecule is CN(Cc1ccc(C(N)=S)cc1)CC1CC1. The lowest BCUT2D eigenvalue weighted by atomic mass is 10.1. The van der Waals surface area contributed by atoms with Gasteiger partial charge in [0.05, 0.1) is 0 Å². The van der Waals surface area contributed by atoms with Crippen LogP contribution in [0.2, 0.25) is 0 Å². The summed E-state index contributed by atoms with van der Waals surface area (Å²) in [5.41, 5.74) is 7.83. The molecule has 0 radical (unpaired) electrons. The fraction of sp³-hybridized carbons (Fsp3) is 0.462. The smallest absolute Gasteiger partial charge is 0.103 e. The van der Waals surface area contributed by atoms with Gasteiger partial charge in [0.25, 0.3) is 0 Å². The maximum atomic E-state index is 5.56. The van der Waals surface area contributed by atoms with Crippen LogP contribution < -0.4 is 5.73 Å². The molecule has 1 aliphatic carbocycles. The number of benzene rings is 1. The summed E-state index contributed by atoms with van der Waals surface area (Å²) in [5, 5.41) is 0. The molecule has 86 valence electrons. The Balaban J connectivity index is 1.90. The highest BCUT2D eigenvalue weighted by atomic mass is 32.1. The first-order chi connectivity index (χ1) is 7.65. The van der Waals surface area contributed by atoms with Crippen LogP contribution in [0.5, 0.6) is 0 Å². The largest absolute Gasteiger partial charge is 0.389 e. The zero-order valence-corrected chi connectivity index (χ0v) is 10.5. The van der Waals surface area contributed by atoms with Crippen LogP contribution in [0.4, 0.5) is 0 Å². The van der Waals surface area contributed by atoms with E-state index in [1.54, 1.807) is 0 Å². The van der Waals surface area contributed by atoms with E-state index >= 15 is 0 Å². The molecule has 0 atom stereocenters. The number of thiocarbonyl (C=S) groups is 1. The summed E-state index contributed by atoms with van der Waals surface area (Å²) in [6.07, 6.45) is 2.81. The van der Waals surface area contributed by atoms with Gasteiger partial charge in [-0.2, -0.15) is 0 Å². The fourth-order valence-electron chi connectivity index (χ4n) is 1.89. The summed E-state index contributed by atoms with van der Waals surface area (Å²) >= 11 is 4.93. The number of nitrogens with zero attached hydrogens (tertiary/aromatic N) is 1. The van der Waals surface area contributed by atoms with Crippen molar-refractivity contribution in [3.63, 3.8) is 0 Å². The molecule has 1 aliphatic rings. The molecule has 0 bridgehead atoms. The van der Waals surface area contributed by atoms with Crippen molar-refractivity contribution in [2.45, 2.75) is 19.4 Å². The Hall–Kier alpha value is -0.930. The second kappa shape index (κ2) is 4.93. The van der Waals surface area contributed by atoms with E-state index in [4.69, 9.17) is 18.0 Å². The standard InChI is InChI=1S/C13H18N2S/c1-15(8-10-2-3-10)9-11-4-6-12(7-5-11)13(14)16/h4-7,10H,2-3,8-9H2,1H3,(H2,14,16). The molecule has 2 rings (SSSR count). The molecule has 0 aromatic heterocycles. The molecular formula is C13H18N2S. The lowest BCUT2D eigenvalue weighted by molar-refractivity contribution is 0.313. The first-order valence-corrected chi connectivity index (χ1v) is 6.13. The van der Waals surface area contributed by atoms with Gasteiger partial charge < -0.3 is 10.6 Å². The van der Waals surface area contributed by atoms with E-state index in [1.165, 1.54) is 24.9 Å². The van der Waals surface area contributed by atoms with Gasteiger partial charge in [0, 0.05) is 18.7 Å². The summed E-state index contributed by atoms with van der Waals surface area (Å²) in [7, 11) is 2.18. The molecule has 1 aromatic rings. The lowest BCUT2D eigenvalue weighted by Gasteiger charge is -2.16. The van der Waals surface area contributed by atoms with E-state index in [-0.39, 0.29) is 0 Å². The summed E-state index contributed by atoms with van der Waals surface area (Å²) in [4.78, 5) is 2.85. The molecule has 1 aromatic carbocycles. The van der Waals surface area contributed by atoms with Gasteiger partial charge in [-0.15, -0.1) is 0 Å². The molecular weight excluding hydrogens is 216 g/mol. The molecule has 2 N–H and O–H groups in total. The van der Waals surface area contributed by atoms with E-state index < -0.39 is 0 Å². The summed E-state index contributed by atoms with van der Waals surface area (Å²) in [5.74, 6) is 0.945. The van der Waals surface area contributed by atoms with Crippen molar-refractivity contribution in [3.05, 3.63) is 35.4 Å². The summed E-state index contributed by atoms with van der Waals surface area (Å²) in [6, 6.07) is 8.22. The second-order valence-corrected chi connectivity index (χ2v) is 5.14. The van der Waals surface area contributed by atoms with Crippen LogP contribution in [-0.2, 0) is 6.54 Å². The predicted molar refractivity (Wildman–Crippen MR) is 71.4 cm³/mol. The van der Waals surface area contributed by atoms with E-state index in [9.17, 15) is 0 Å². The predicted octanol–water partition coefficient (Wildman–Crippen LogP) is 2.16. The first-order valence-electron chi connectivity index (χ1n) is 5.72. The molecule has 0 amide bonds. The molecule has 0 heterocycles. The van der Waals surface area contributed by atoms with E-state index in [2.05, 4.69) is 24.1 Å². The molecule has 0 aliphatic heterocycles. The normalized spacial score (nSPS) is 15.4. The Morgan fingerprint density at radius 2 is 2.00 bits per heavy atom. The summed E-state index contributed by atoms with van der Waals surface area (Å²) in [6.45, 7) is 2.23. The van der Waals surface area contributed by atoms with Crippen molar-refractivity contribution in [1.29, 1.82) is 0 Å². The van der Waals surface area contributed by atoms with Crippen LogP contribution in [0.1, 0.15) is 24.0 Å². The number of hydrogen-bond donors (Lipinski definition) is 1. The zero-order chi connectivity index (χ0) is 11.5. The molecule has 0 saturated heterocycles. The Labute approximate surface area is 102 Å². The molecule has 16 heavy (non-hydrogen) atoms. The van der Waals surface area contributed by atoms with Gasteiger partial charge >= 0.3 is 0 Å². The number of rotatable bonds is 5. The average Bonchev–Trinajstić information content (AvgIpc) is 3.02. The maximum Gasteiger partial charge on any atom is 0.103 e. The highest BCUT2D eigenvalue weighted by molar-refractivity contribution is 7.80. The molecule has 1 saturated carbocycles. The van der Waals surface area contributed by atoms with Crippen LogP contribution in [0.25, 0.3) is 0 Å². The van der Waals surface area contributed by atoms with E-state index in [1.807, 2.05) is 12.1 Å². The quantitative estimate of drug-likeness (QED) is 0.792. The highest BCUT2D eigenvalue weighted by Crippen LogP contribution is 2.29. The van der Waals surface area contributed by atoms with Gasteiger partial charge in [-0.05, 0) is 31.4 Å². The molecule has 0 unspecified atom stereocenters. The third kappa shape index (κ3) is 3.29. The van der Waals surface area contributed by atoms with Gasteiger partial charge in [0.15, 0.2) is 0 Å². The van der Waals surface area contributed by atoms with Crippen molar-refractivity contribution in [2.24, 2.45) is 11.7 Å². The van der Waals surface area contributed by atoms with Gasteiger partial charge in [-0.3, -0.25) is 0 Å².